The van der Waals surface area contributed by atoms with Crippen LogP contribution in [0.3, 0.4) is 0 Å². The molecule has 0 heterocycles. The molecule has 1 atom stereocenters. The lowest BCUT2D eigenvalue weighted by Crippen LogP contribution is -2.45. The van der Waals surface area contributed by atoms with Crippen molar-refractivity contribution in [1.82, 2.24) is 5.32 Å². The first kappa shape index (κ1) is 17.5. The number of rotatable bonds is 4. The molecule has 2 rings (SSSR count). The number of nitrogens with two attached hydrogens (primary N) is 1. The second kappa shape index (κ2) is 8.66. The standard InChI is InChI=1S/C16H21N3O.ClH/c17-10-12-6-8-14(9-7-12)16(20)19-15(11-18)13-4-2-1-3-5-13;/h6-9,13,15H,1-5,11,18H2,(H,19,20);1H. The van der Waals surface area contributed by atoms with Crippen LogP contribution in [0.25, 0.3) is 0 Å². The van der Waals surface area contributed by atoms with Gasteiger partial charge in [-0.15, -0.1) is 12.4 Å². The lowest BCUT2D eigenvalue weighted by molar-refractivity contribution is 0.0915. The van der Waals surface area contributed by atoms with Crippen LogP contribution in [0.5, 0.6) is 0 Å². The normalized spacial score (nSPS) is 16.4. The molecule has 1 unspecified atom stereocenters. The summed E-state index contributed by atoms with van der Waals surface area (Å²) in [5.41, 5.74) is 6.96. The van der Waals surface area contributed by atoms with Gasteiger partial charge in [0, 0.05) is 18.2 Å². The Hall–Kier alpha value is -1.57. The molecule has 0 saturated heterocycles. The summed E-state index contributed by atoms with van der Waals surface area (Å²) in [6.07, 6.45) is 6.05. The average molecular weight is 308 g/mol. The van der Waals surface area contributed by atoms with Crippen molar-refractivity contribution in [3.05, 3.63) is 35.4 Å². The Morgan fingerprint density at radius 1 is 1.29 bits per heavy atom. The Morgan fingerprint density at radius 2 is 1.90 bits per heavy atom. The van der Waals surface area contributed by atoms with Gasteiger partial charge in [0.15, 0.2) is 0 Å². The maximum atomic E-state index is 12.2. The number of amides is 1. The number of benzene rings is 1. The Kier molecular flexibility index (Phi) is 7.21. The van der Waals surface area contributed by atoms with E-state index in [1.54, 1.807) is 24.3 Å². The van der Waals surface area contributed by atoms with E-state index in [1.807, 2.05) is 6.07 Å². The van der Waals surface area contributed by atoms with Crippen LogP contribution in [0.1, 0.15) is 48.0 Å². The van der Waals surface area contributed by atoms with Crippen molar-refractivity contribution in [2.75, 3.05) is 6.54 Å². The van der Waals surface area contributed by atoms with E-state index in [4.69, 9.17) is 11.0 Å². The molecule has 1 amide bonds. The number of nitrogens with one attached hydrogen (secondary N) is 1. The second-order valence-corrected chi connectivity index (χ2v) is 5.40. The summed E-state index contributed by atoms with van der Waals surface area (Å²) >= 11 is 0. The topological polar surface area (TPSA) is 78.9 Å². The van der Waals surface area contributed by atoms with Crippen LogP contribution in [0.15, 0.2) is 24.3 Å². The van der Waals surface area contributed by atoms with E-state index in [9.17, 15) is 4.79 Å². The lowest BCUT2D eigenvalue weighted by Gasteiger charge is -2.30. The third-order valence-electron chi connectivity index (χ3n) is 4.07. The predicted molar refractivity (Wildman–Crippen MR) is 85.3 cm³/mol. The molecule has 3 N–H and O–H groups in total. The van der Waals surface area contributed by atoms with Crippen LogP contribution in [-0.2, 0) is 0 Å². The van der Waals surface area contributed by atoms with Gasteiger partial charge in [-0.05, 0) is 43.0 Å². The van der Waals surface area contributed by atoms with Crippen molar-refractivity contribution in [2.24, 2.45) is 11.7 Å². The quantitative estimate of drug-likeness (QED) is 0.897. The number of hydrogen-bond donors (Lipinski definition) is 2. The van der Waals surface area contributed by atoms with Gasteiger partial charge in [-0.25, -0.2) is 0 Å². The summed E-state index contributed by atoms with van der Waals surface area (Å²) in [6.45, 7) is 0.479. The zero-order valence-corrected chi connectivity index (χ0v) is 12.9. The summed E-state index contributed by atoms with van der Waals surface area (Å²) in [4.78, 5) is 12.2. The second-order valence-electron chi connectivity index (χ2n) is 5.40. The van der Waals surface area contributed by atoms with Gasteiger partial charge < -0.3 is 11.1 Å². The highest BCUT2D eigenvalue weighted by atomic mass is 35.5. The highest BCUT2D eigenvalue weighted by Crippen LogP contribution is 2.26. The third kappa shape index (κ3) is 4.73. The minimum atomic E-state index is -0.101. The molecule has 0 aliphatic heterocycles. The van der Waals surface area contributed by atoms with E-state index < -0.39 is 0 Å². The molecule has 1 aromatic rings. The van der Waals surface area contributed by atoms with Gasteiger partial charge in [0.2, 0.25) is 0 Å². The van der Waals surface area contributed by atoms with Crippen molar-refractivity contribution < 1.29 is 4.79 Å². The Balaban J connectivity index is 0.00000220. The predicted octanol–water partition coefficient (Wildman–Crippen LogP) is 2.62. The summed E-state index contributed by atoms with van der Waals surface area (Å²) in [5, 5.41) is 11.8. The van der Waals surface area contributed by atoms with Gasteiger partial charge in [-0.1, -0.05) is 19.3 Å². The number of hydrogen-bond acceptors (Lipinski definition) is 3. The average Bonchev–Trinajstić information content (AvgIpc) is 2.53. The molecule has 1 saturated carbocycles. The molecule has 1 aliphatic carbocycles. The highest BCUT2D eigenvalue weighted by molar-refractivity contribution is 5.94. The minimum Gasteiger partial charge on any atom is -0.348 e. The van der Waals surface area contributed by atoms with Crippen molar-refractivity contribution in [1.29, 1.82) is 5.26 Å². The number of halogens is 1. The molecule has 114 valence electrons. The maximum absolute atomic E-state index is 12.2. The van der Waals surface area contributed by atoms with Crippen molar-refractivity contribution >= 4 is 18.3 Å². The van der Waals surface area contributed by atoms with Gasteiger partial charge in [0.25, 0.3) is 5.91 Å². The first-order valence-electron chi connectivity index (χ1n) is 7.25. The van der Waals surface area contributed by atoms with Gasteiger partial charge in [-0.2, -0.15) is 5.26 Å². The lowest BCUT2D eigenvalue weighted by atomic mass is 9.84. The molecule has 0 aromatic heterocycles. The fourth-order valence-electron chi connectivity index (χ4n) is 2.85. The van der Waals surface area contributed by atoms with E-state index in [1.165, 1.54) is 19.3 Å². The molecule has 0 bridgehead atoms. The van der Waals surface area contributed by atoms with Crippen molar-refractivity contribution in [3.63, 3.8) is 0 Å². The van der Waals surface area contributed by atoms with Crippen LogP contribution in [0.4, 0.5) is 0 Å². The first-order valence-corrected chi connectivity index (χ1v) is 7.25. The van der Waals surface area contributed by atoms with Crippen LogP contribution < -0.4 is 11.1 Å². The maximum Gasteiger partial charge on any atom is 0.251 e. The Morgan fingerprint density at radius 3 is 2.43 bits per heavy atom. The first-order chi connectivity index (χ1) is 9.74. The molecule has 0 radical (unpaired) electrons. The SMILES string of the molecule is Cl.N#Cc1ccc(C(=O)NC(CN)C2CCCCC2)cc1. The van der Waals surface area contributed by atoms with Crippen LogP contribution in [0, 0.1) is 17.2 Å². The smallest absolute Gasteiger partial charge is 0.251 e. The van der Waals surface area contributed by atoms with E-state index in [2.05, 4.69) is 5.32 Å². The van der Waals surface area contributed by atoms with Gasteiger partial charge in [0.1, 0.15) is 0 Å². The van der Waals surface area contributed by atoms with Crippen LogP contribution in [-0.4, -0.2) is 18.5 Å². The highest BCUT2D eigenvalue weighted by Gasteiger charge is 2.24. The molecule has 21 heavy (non-hydrogen) atoms. The van der Waals surface area contributed by atoms with Crippen LogP contribution in [0.2, 0.25) is 0 Å². The molecule has 4 nitrogen and oxygen atoms in total. The van der Waals surface area contributed by atoms with Crippen molar-refractivity contribution in [3.8, 4) is 6.07 Å². The Bertz CT molecular complexity index is 489. The van der Waals surface area contributed by atoms with Gasteiger partial charge in [-0.3, -0.25) is 4.79 Å². The molecule has 1 fully saturated rings. The number of nitrogens with zero attached hydrogens (tertiary/aromatic N) is 1. The van der Waals surface area contributed by atoms with E-state index in [0.29, 0.717) is 23.6 Å². The third-order valence-corrected chi connectivity index (χ3v) is 4.07. The van der Waals surface area contributed by atoms with Gasteiger partial charge in [0.05, 0.1) is 11.6 Å². The van der Waals surface area contributed by atoms with Gasteiger partial charge >= 0.3 is 0 Å². The Labute approximate surface area is 132 Å². The van der Waals surface area contributed by atoms with Crippen molar-refractivity contribution in [2.45, 2.75) is 38.1 Å². The molecule has 1 aliphatic rings. The largest absolute Gasteiger partial charge is 0.348 e. The fourth-order valence-corrected chi connectivity index (χ4v) is 2.85. The summed E-state index contributed by atoms with van der Waals surface area (Å²) in [7, 11) is 0. The zero-order valence-electron chi connectivity index (χ0n) is 12.0. The van der Waals surface area contributed by atoms with E-state index >= 15 is 0 Å². The molecule has 1 aromatic carbocycles. The number of carbonyl (C=O) groups excluding carboxylic acids is 1. The summed E-state index contributed by atoms with van der Waals surface area (Å²) in [5.74, 6) is 0.395. The number of carbonyl (C=O) groups is 1. The molecule has 0 spiro atoms. The van der Waals surface area contributed by atoms with E-state index in [0.717, 1.165) is 12.8 Å². The molecular weight excluding hydrogens is 286 g/mol. The fraction of sp³-hybridized carbons (Fsp3) is 0.500. The molecule has 5 heteroatoms. The molecular formula is C16H22ClN3O. The number of nitriles is 1. The monoisotopic (exact) mass is 307 g/mol. The van der Waals surface area contributed by atoms with E-state index in [-0.39, 0.29) is 24.4 Å². The summed E-state index contributed by atoms with van der Waals surface area (Å²) in [6, 6.07) is 8.78. The summed E-state index contributed by atoms with van der Waals surface area (Å²) < 4.78 is 0. The van der Waals surface area contributed by atoms with Crippen LogP contribution >= 0.6 is 12.4 Å². The minimum absolute atomic E-state index is 0. The zero-order chi connectivity index (χ0) is 14.4.